The Kier molecular flexibility index (Phi) is 8.13. The zero-order valence-electron chi connectivity index (χ0n) is 14.7. The van der Waals surface area contributed by atoms with Gasteiger partial charge >= 0.3 is 0 Å². The Bertz CT molecular complexity index is 782. The highest BCUT2D eigenvalue weighted by molar-refractivity contribution is 14.0. The summed E-state index contributed by atoms with van der Waals surface area (Å²) in [5, 5.41) is 11.0. The Labute approximate surface area is 170 Å². The van der Waals surface area contributed by atoms with Gasteiger partial charge in [0, 0.05) is 51.5 Å². The fourth-order valence-corrected chi connectivity index (χ4v) is 2.57. The first kappa shape index (κ1) is 20.0. The van der Waals surface area contributed by atoms with Crippen molar-refractivity contribution < 1.29 is 0 Å². The van der Waals surface area contributed by atoms with Crippen LogP contribution in [0, 0.1) is 0 Å². The Balaban J connectivity index is 0.00000243. The molecule has 0 saturated carbocycles. The van der Waals surface area contributed by atoms with E-state index < -0.39 is 0 Å². The van der Waals surface area contributed by atoms with E-state index in [4.69, 9.17) is 0 Å². The summed E-state index contributed by atoms with van der Waals surface area (Å²) in [4.78, 5) is 8.32. The number of nitrogens with zero attached hydrogens (tertiary/aromatic N) is 5. The number of rotatable bonds is 7. The van der Waals surface area contributed by atoms with Crippen LogP contribution in [0.2, 0.25) is 0 Å². The van der Waals surface area contributed by atoms with Crippen molar-refractivity contribution in [1.82, 2.24) is 30.0 Å². The fraction of sp³-hybridized carbons (Fsp3) is 0.278. The van der Waals surface area contributed by atoms with E-state index in [-0.39, 0.29) is 24.0 Å². The standard InChI is InChI=1S/C18H23N7.HI/c1-19-18(21-9-12-24-11-8-20-15-24)22-13-16-5-2-3-6-17(16)14-25-10-4-7-23-25;/h2-8,10-11,15H,9,12-14H2,1H3,(H2,19,21,22);1H. The number of benzene rings is 1. The van der Waals surface area contributed by atoms with Gasteiger partial charge in [0.15, 0.2) is 5.96 Å². The molecule has 0 saturated heterocycles. The number of hydrogen-bond donors (Lipinski definition) is 2. The van der Waals surface area contributed by atoms with E-state index in [1.54, 1.807) is 19.4 Å². The lowest BCUT2D eigenvalue weighted by molar-refractivity contribution is 0.658. The molecule has 0 atom stereocenters. The molecule has 1 aromatic carbocycles. The third kappa shape index (κ3) is 5.87. The fourth-order valence-electron chi connectivity index (χ4n) is 2.57. The molecular weight excluding hydrogens is 441 g/mol. The van der Waals surface area contributed by atoms with Crippen LogP contribution in [0.3, 0.4) is 0 Å². The van der Waals surface area contributed by atoms with Gasteiger partial charge in [-0.15, -0.1) is 24.0 Å². The first-order valence-corrected chi connectivity index (χ1v) is 8.29. The molecule has 3 aromatic rings. The molecule has 0 fully saturated rings. The summed E-state index contributed by atoms with van der Waals surface area (Å²) in [6.07, 6.45) is 9.31. The summed E-state index contributed by atoms with van der Waals surface area (Å²) in [6.45, 7) is 3.10. The Hall–Kier alpha value is -2.36. The van der Waals surface area contributed by atoms with Gasteiger partial charge in [0.1, 0.15) is 0 Å². The normalized spacial score (nSPS) is 11.0. The summed E-state index contributed by atoms with van der Waals surface area (Å²) in [5.74, 6) is 0.786. The molecule has 8 heteroatoms. The molecule has 0 bridgehead atoms. The summed E-state index contributed by atoms with van der Waals surface area (Å²) < 4.78 is 3.96. The summed E-state index contributed by atoms with van der Waals surface area (Å²) >= 11 is 0. The van der Waals surface area contributed by atoms with Gasteiger partial charge in [-0.05, 0) is 17.2 Å². The van der Waals surface area contributed by atoms with E-state index in [0.717, 1.165) is 25.6 Å². The van der Waals surface area contributed by atoms with Crippen LogP contribution in [0.5, 0.6) is 0 Å². The number of aromatic nitrogens is 4. The van der Waals surface area contributed by atoms with Crippen molar-refractivity contribution in [2.75, 3.05) is 13.6 Å². The van der Waals surface area contributed by atoms with Crippen molar-refractivity contribution >= 4 is 29.9 Å². The van der Waals surface area contributed by atoms with Crippen LogP contribution >= 0.6 is 24.0 Å². The molecule has 0 spiro atoms. The van der Waals surface area contributed by atoms with Crippen LogP contribution in [0.4, 0.5) is 0 Å². The molecule has 0 unspecified atom stereocenters. The number of hydrogen-bond acceptors (Lipinski definition) is 3. The van der Waals surface area contributed by atoms with Gasteiger partial charge in [-0.1, -0.05) is 24.3 Å². The van der Waals surface area contributed by atoms with Crippen LogP contribution in [0.25, 0.3) is 0 Å². The van der Waals surface area contributed by atoms with Gasteiger partial charge in [0.2, 0.25) is 0 Å². The van der Waals surface area contributed by atoms with Crippen molar-refractivity contribution in [1.29, 1.82) is 0 Å². The molecule has 7 nitrogen and oxygen atoms in total. The van der Waals surface area contributed by atoms with E-state index in [0.29, 0.717) is 6.54 Å². The van der Waals surface area contributed by atoms with Gasteiger partial charge in [-0.3, -0.25) is 9.67 Å². The quantitative estimate of drug-likeness (QED) is 0.319. The maximum absolute atomic E-state index is 4.28. The highest BCUT2D eigenvalue weighted by atomic mass is 127. The number of guanidine groups is 1. The molecule has 2 N–H and O–H groups in total. The van der Waals surface area contributed by atoms with Crippen molar-refractivity contribution in [2.24, 2.45) is 4.99 Å². The van der Waals surface area contributed by atoms with Gasteiger partial charge < -0.3 is 15.2 Å². The van der Waals surface area contributed by atoms with Crippen molar-refractivity contribution in [3.05, 3.63) is 72.6 Å². The van der Waals surface area contributed by atoms with Gasteiger partial charge in [-0.25, -0.2) is 4.98 Å². The Morgan fingerprint density at radius 2 is 1.92 bits per heavy atom. The highest BCUT2D eigenvalue weighted by Gasteiger charge is 2.04. The first-order chi connectivity index (χ1) is 12.3. The average molecular weight is 465 g/mol. The molecule has 2 heterocycles. The van der Waals surface area contributed by atoms with Gasteiger partial charge in [0.05, 0.1) is 12.9 Å². The predicted octanol–water partition coefficient (Wildman–Crippen LogP) is 2.11. The Morgan fingerprint density at radius 3 is 2.62 bits per heavy atom. The van der Waals surface area contributed by atoms with Gasteiger partial charge in [0.25, 0.3) is 0 Å². The van der Waals surface area contributed by atoms with Gasteiger partial charge in [-0.2, -0.15) is 5.10 Å². The average Bonchev–Trinajstić information content (AvgIpc) is 3.33. The molecule has 0 aliphatic rings. The zero-order valence-corrected chi connectivity index (χ0v) is 17.1. The van der Waals surface area contributed by atoms with Crippen molar-refractivity contribution in [3.63, 3.8) is 0 Å². The summed E-state index contributed by atoms with van der Waals surface area (Å²) in [6, 6.07) is 10.3. The minimum atomic E-state index is 0. The lowest BCUT2D eigenvalue weighted by Crippen LogP contribution is -2.38. The number of aliphatic imine (C=N–C) groups is 1. The molecule has 2 aromatic heterocycles. The molecule has 138 valence electrons. The predicted molar refractivity (Wildman–Crippen MR) is 114 cm³/mol. The number of halogens is 1. The van der Waals surface area contributed by atoms with Crippen LogP contribution in [0.1, 0.15) is 11.1 Å². The van der Waals surface area contributed by atoms with Crippen LogP contribution < -0.4 is 10.6 Å². The van der Waals surface area contributed by atoms with Crippen molar-refractivity contribution in [2.45, 2.75) is 19.6 Å². The Morgan fingerprint density at radius 1 is 1.08 bits per heavy atom. The van der Waals surface area contributed by atoms with Crippen LogP contribution in [-0.4, -0.2) is 38.9 Å². The maximum Gasteiger partial charge on any atom is 0.191 e. The van der Waals surface area contributed by atoms with E-state index in [1.807, 2.05) is 34.0 Å². The first-order valence-electron chi connectivity index (χ1n) is 8.29. The van der Waals surface area contributed by atoms with Crippen LogP contribution in [-0.2, 0) is 19.6 Å². The number of nitrogens with one attached hydrogen (secondary N) is 2. The monoisotopic (exact) mass is 465 g/mol. The highest BCUT2D eigenvalue weighted by Crippen LogP contribution is 2.10. The molecule has 26 heavy (non-hydrogen) atoms. The summed E-state index contributed by atoms with van der Waals surface area (Å²) in [5.41, 5.74) is 2.48. The molecule has 0 aliphatic carbocycles. The largest absolute Gasteiger partial charge is 0.355 e. The lowest BCUT2D eigenvalue weighted by atomic mass is 10.1. The molecule has 3 rings (SSSR count). The molecule has 0 amide bonds. The third-order valence-corrected chi connectivity index (χ3v) is 3.90. The third-order valence-electron chi connectivity index (χ3n) is 3.90. The molecule has 0 aliphatic heterocycles. The molecule has 0 radical (unpaired) electrons. The van der Waals surface area contributed by atoms with Crippen LogP contribution in [0.15, 0.2) is 66.4 Å². The molecular formula is C18H24IN7. The minimum Gasteiger partial charge on any atom is -0.355 e. The second kappa shape index (κ2) is 10.6. The second-order valence-electron chi connectivity index (χ2n) is 5.63. The van der Waals surface area contributed by atoms with E-state index in [2.05, 4.69) is 50.0 Å². The van der Waals surface area contributed by atoms with E-state index in [1.165, 1.54) is 11.1 Å². The smallest absolute Gasteiger partial charge is 0.191 e. The van der Waals surface area contributed by atoms with Crippen molar-refractivity contribution in [3.8, 4) is 0 Å². The summed E-state index contributed by atoms with van der Waals surface area (Å²) in [7, 11) is 1.78. The number of imidazole rings is 1. The topological polar surface area (TPSA) is 72.1 Å². The minimum absolute atomic E-state index is 0. The zero-order chi connectivity index (χ0) is 17.3. The maximum atomic E-state index is 4.28. The van der Waals surface area contributed by atoms with E-state index >= 15 is 0 Å². The second-order valence-corrected chi connectivity index (χ2v) is 5.63. The lowest BCUT2D eigenvalue weighted by Gasteiger charge is -2.14. The van der Waals surface area contributed by atoms with E-state index in [9.17, 15) is 0 Å². The SMILES string of the molecule is CN=C(NCCn1ccnc1)NCc1ccccc1Cn1cccn1.I.